The molecule has 3 amide bonds. The van der Waals surface area contributed by atoms with Crippen molar-refractivity contribution in [1.29, 1.82) is 0 Å². The highest BCUT2D eigenvalue weighted by molar-refractivity contribution is 9.10. The zero-order chi connectivity index (χ0) is 17.9. The molecule has 6 nitrogen and oxygen atoms in total. The summed E-state index contributed by atoms with van der Waals surface area (Å²) in [6, 6.07) is 5.50. The molecule has 2 rings (SSSR count). The first-order valence-corrected chi connectivity index (χ1v) is 8.61. The predicted molar refractivity (Wildman–Crippen MR) is 95.5 cm³/mol. The van der Waals surface area contributed by atoms with Gasteiger partial charge in [-0.3, -0.25) is 14.4 Å². The van der Waals surface area contributed by atoms with E-state index < -0.39 is 5.41 Å². The normalized spacial score (nSPS) is 15.2. The molecular formula is C17H22BrN3O3. The van der Waals surface area contributed by atoms with Gasteiger partial charge in [0, 0.05) is 36.3 Å². The van der Waals surface area contributed by atoms with E-state index in [1.54, 1.807) is 29.7 Å². The molecule has 0 radical (unpaired) electrons. The third-order valence-corrected chi connectivity index (χ3v) is 5.16. The van der Waals surface area contributed by atoms with Crippen LogP contribution >= 0.6 is 15.9 Å². The fraction of sp³-hybridized carbons (Fsp3) is 0.471. The molecule has 0 aliphatic carbocycles. The highest BCUT2D eigenvalue weighted by atomic mass is 79.9. The summed E-state index contributed by atoms with van der Waals surface area (Å²) in [7, 11) is 0. The molecule has 0 saturated carbocycles. The molecule has 0 spiro atoms. The number of halogens is 1. The fourth-order valence-electron chi connectivity index (χ4n) is 2.53. The summed E-state index contributed by atoms with van der Waals surface area (Å²) < 4.78 is 0.962. The SMILES string of the molecule is Cc1cc(NC(=O)C(C)(C)C(=O)N2CCN(C=O)CC2)ccc1Br. The number of piperazine rings is 1. The van der Waals surface area contributed by atoms with Crippen LogP contribution in [0.1, 0.15) is 19.4 Å². The van der Waals surface area contributed by atoms with E-state index in [0.717, 1.165) is 16.4 Å². The van der Waals surface area contributed by atoms with E-state index in [1.807, 2.05) is 19.1 Å². The minimum absolute atomic E-state index is 0.223. The van der Waals surface area contributed by atoms with Gasteiger partial charge >= 0.3 is 0 Å². The van der Waals surface area contributed by atoms with Crippen LogP contribution < -0.4 is 5.32 Å². The number of amides is 3. The Bertz CT molecular complexity index is 652. The molecule has 1 aliphatic rings. The van der Waals surface area contributed by atoms with E-state index in [1.165, 1.54) is 0 Å². The number of nitrogens with one attached hydrogen (secondary N) is 1. The number of carbonyl (C=O) groups is 3. The molecule has 0 aromatic heterocycles. The second kappa shape index (κ2) is 7.34. The van der Waals surface area contributed by atoms with Crippen molar-refractivity contribution >= 4 is 39.8 Å². The molecule has 1 fully saturated rings. The van der Waals surface area contributed by atoms with Gasteiger partial charge in [0.05, 0.1) is 0 Å². The fourth-order valence-corrected chi connectivity index (χ4v) is 2.78. The number of aryl methyl sites for hydroxylation is 1. The Hall–Kier alpha value is -1.89. The van der Waals surface area contributed by atoms with Crippen LogP contribution in [-0.2, 0) is 14.4 Å². The summed E-state index contributed by atoms with van der Waals surface area (Å²) >= 11 is 3.42. The number of hydrogen-bond acceptors (Lipinski definition) is 3. The summed E-state index contributed by atoms with van der Waals surface area (Å²) in [6.07, 6.45) is 0.787. The maximum absolute atomic E-state index is 12.7. The maximum atomic E-state index is 12.7. The van der Waals surface area contributed by atoms with E-state index in [-0.39, 0.29) is 11.8 Å². The van der Waals surface area contributed by atoms with Gasteiger partial charge in [0.25, 0.3) is 0 Å². The maximum Gasteiger partial charge on any atom is 0.239 e. The third kappa shape index (κ3) is 3.95. The van der Waals surface area contributed by atoms with Crippen molar-refractivity contribution in [3.63, 3.8) is 0 Å². The largest absolute Gasteiger partial charge is 0.342 e. The lowest BCUT2D eigenvalue weighted by Crippen LogP contribution is -2.54. The van der Waals surface area contributed by atoms with E-state index in [0.29, 0.717) is 31.9 Å². The zero-order valence-corrected chi connectivity index (χ0v) is 15.7. The Morgan fingerprint density at radius 1 is 1.21 bits per heavy atom. The van der Waals surface area contributed by atoms with Crippen LogP contribution in [0, 0.1) is 12.3 Å². The smallest absolute Gasteiger partial charge is 0.239 e. The molecule has 0 atom stereocenters. The first-order valence-electron chi connectivity index (χ1n) is 7.82. The molecule has 1 aliphatic heterocycles. The van der Waals surface area contributed by atoms with Crippen LogP contribution in [0.5, 0.6) is 0 Å². The topological polar surface area (TPSA) is 69.7 Å². The minimum Gasteiger partial charge on any atom is -0.342 e. The van der Waals surface area contributed by atoms with Crippen LogP contribution in [0.25, 0.3) is 0 Å². The second-order valence-corrected chi connectivity index (χ2v) is 7.33. The van der Waals surface area contributed by atoms with E-state index in [9.17, 15) is 14.4 Å². The average molecular weight is 396 g/mol. The average Bonchev–Trinajstić information content (AvgIpc) is 2.57. The van der Waals surface area contributed by atoms with Gasteiger partial charge in [-0.1, -0.05) is 15.9 Å². The summed E-state index contributed by atoms with van der Waals surface area (Å²) in [5.41, 5.74) is 0.485. The molecule has 7 heteroatoms. The van der Waals surface area contributed by atoms with Crippen LogP contribution in [-0.4, -0.2) is 54.2 Å². The van der Waals surface area contributed by atoms with E-state index >= 15 is 0 Å². The van der Waals surface area contributed by atoms with Gasteiger partial charge in [-0.25, -0.2) is 0 Å². The number of rotatable bonds is 4. The summed E-state index contributed by atoms with van der Waals surface area (Å²) in [6.45, 7) is 7.09. The summed E-state index contributed by atoms with van der Waals surface area (Å²) in [4.78, 5) is 39.3. The molecule has 0 unspecified atom stereocenters. The third-order valence-electron chi connectivity index (χ3n) is 4.27. The van der Waals surface area contributed by atoms with Gasteiger partial charge in [-0.05, 0) is 44.5 Å². The lowest BCUT2D eigenvalue weighted by molar-refractivity contribution is -0.148. The van der Waals surface area contributed by atoms with Gasteiger partial charge < -0.3 is 15.1 Å². The van der Waals surface area contributed by atoms with Crippen molar-refractivity contribution in [3.8, 4) is 0 Å². The Morgan fingerprint density at radius 3 is 2.38 bits per heavy atom. The lowest BCUT2D eigenvalue weighted by atomic mass is 9.89. The highest BCUT2D eigenvalue weighted by Crippen LogP contribution is 2.25. The molecule has 130 valence electrons. The van der Waals surface area contributed by atoms with Gasteiger partial charge in [-0.15, -0.1) is 0 Å². The first kappa shape index (κ1) is 18.4. The Kier molecular flexibility index (Phi) is 5.64. The number of nitrogens with zero attached hydrogens (tertiary/aromatic N) is 2. The van der Waals surface area contributed by atoms with Crippen molar-refractivity contribution in [2.24, 2.45) is 5.41 Å². The standard InChI is InChI=1S/C17H22BrN3O3/c1-12-10-13(4-5-14(12)18)19-15(23)17(2,3)16(24)21-8-6-20(11-22)7-9-21/h4-5,10-11H,6-9H2,1-3H3,(H,19,23). The number of benzene rings is 1. The molecule has 1 saturated heterocycles. The molecule has 1 aromatic carbocycles. The minimum atomic E-state index is -1.18. The summed E-state index contributed by atoms with van der Waals surface area (Å²) in [5, 5.41) is 2.82. The van der Waals surface area contributed by atoms with Crippen molar-refractivity contribution in [2.45, 2.75) is 20.8 Å². The number of anilines is 1. The molecular weight excluding hydrogens is 374 g/mol. The van der Waals surface area contributed by atoms with E-state index in [4.69, 9.17) is 0 Å². The monoisotopic (exact) mass is 395 g/mol. The number of hydrogen-bond donors (Lipinski definition) is 1. The lowest BCUT2D eigenvalue weighted by Gasteiger charge is -2.36. The Balaban J connectivity index is 2.05. The molecule has 0 bridgehead atoms. The van der Waals surface area contributed by atoms with Crippen molar-refractivity contribution in [1.82, 2.24) is 9.80 Å². The summed E-state index contributed by atoms with van der Waals surface area (Å²) in [5.74, 6) is -0.563. The Morgan fingerprint density at radius 2 is 1.83 bits per heavy atom. The van der Waals surface area contributed by atoms with E-state index in [2.05, 4.69) is 21.2 Å². The first-order chi connectivity index (χ1) is 11.3. The van der Waals surface area contributed by atoms with Gasteiger partial charge in [0.2, 0.25) is 18.2 Å². The molecule has 24 heavy (non-hydrogen) atoms. The zero-order valence-electron chi connectivity index (χ0n) is 14.1. The van der Waals surface area contributed by atoms with Crippen LogP contribution in [0.3, 0.4) is 0 Å². The highest BCUT2D eigenvalue weighted by Gasteiger charge is 2.40. The molecule has 1 aromatic rings. The van der Waals surface area contributed by atoms with Gasteiger partial charge in [-0.2, -0.15) is 0 Å². The quantitative estimate of drug-likeness (QED) is 0.626. The van der Waals surface area contributed by atoms with Gasteiger partial charge in [0.15, 0.2) is 0 Å². The predicted octanol–water partition coefficient (Wildman–Crippen LogP) is 2.02. The number of carbonyl (C=O) groups excluding carboxylic acids is 3. The van der Waals surface area contributed by atoms with Crippen LogP contribution in [0.2, 0.25) is 0 Å². The Labute approximate surface area is 150 Å². The van der Waals surface area contributed by atoms with Crippen molar-refractivity contribution in [3.05, 3.63) is 28.2 Å². The molecule has 1 heterocycles. The second-order valence-electron chi connectivity index (χ2n) is 6.48. The van der Waals surface area contributed by atoms with Crippen LogP contribution in [0.15, 0.2) is 22.7 Å². The van der Waals surface area contributed by atoms with Crippen molar-refractivity contribution in [2.75, 3.05) is 31.5 Å². The van der Waals surface area contributed by atoms with Gasteiger partial charge in [0.1, 0.15) is 5.41 Å². The van der Waals surface area contributed by atoms with Crippen LogP contribution in [0.4, 0.5) is 5.69 Å². The van der Waals surface area contributed by atoms with Crippen molar-refractivity contribution < 1.29 is 14.4 Å². The molecule has 1 N–H and O–H groups in total.